The average Bonchev–Trinajstić information content (AvgIpc) is 2.26. The van der Waals surface area contributed by atoms with Crippen LogP contribution in [0.25, 0.3) is 0 Å². The molecule has 3 nitrogen and oxygen atoms in total. The van der Waals surface area contributed by atoms with E-state index in [1.54, 1.807) is 6.92 Å². The van der Waals surface area contributed by atoms with Gasteiger partial charge in [-0.05, 0) is 12.5 Å². The first-order valence-corrected chi connectivity index (χ1v) is 5.19. The number of aliphatic hydroxyl groups excluding tert-OH is 1. The summed E-state index contributed by atoms with van der Waals surface area (Å²) in [5.74, 6) is -0.278. The van der Waals surface area contributed by atoms with E-state index in [1.165, 1.54) is 0 Å². The Kier molecular flexibility index (Phi) is 4.59. The normalized spacial score (nSPS) is 14.3. The quantitative estimate of drug-likeness (QED) is 0.766. The van der Waals surface area contributed by atoms with Crippen LogP contribution in [0.1, 0.15) is 18.5 Å². The van der Waals surface area contributed by atoms with Gasteiger partial charge in [0, 0.05) is 0 Å². The number of amides is 1. The lowest BCUT2D eigenvalue weighted by Gasteiger charge is -2.17. The molecule has 0 aliphatic carbocycles. The van der Waals surface area contributed by atoms with Gasteiger partial charge in [0.25, 0.3) is 0 Å². The Hall–Kier alpha value is -1.06. The van der Waals surface area contributed by atoms with Gasteiger partial charge in [-0.2, -0.15) is 0 Å². The summed E-state index contributed by atoms with van der Waals surface area (Å²) in [4.78, 5) is 11.3. The third kappa shape index (κ3) is 3.53. The molecular weight excluding hydrogens is 214 g/mol. The van der Waals surface area contributed by atoms with Crippen molar-refractivity contribution in [1.29, 1.82) is 0 Å². The third-order valence-electron chi connectivity index (χ3n) is 2.06. The number of halogens is 1. The molecular formula is C11H14ClNO2. The molecule has 0 heterocycles. The topological polar surface area (TPSA) is 49.3 Å². The van der Waals surface area contributed by atoms with E-state index in [2.05, 4.69) is 5.32 Å². The summed E-state index contributed by atoms with van der Waals surface area (Å²) in [7, 11) is 0. The number of hydrogen-bond donors (Lipinski definition) is 2. The van der Waals surface area contributed by atoms with E-state index in [9.17, 15) is 4.79 Å². The largest absolute Gasteiger partial charge is 0.394 e. The molecule has 0 saturated carbocycles. The van der Waals surface area contributed by atoms with Gasteiger partial charge in [-0.1, -0.05) is 30.3 Å². The SMILES string of the molecule is CC(Cl)C(=O)NC(CO)c1ccccc1. The van der Waals surface area contributed by atoms with E-state index in [1.807, 2.05) is 30.3 Å². The molecule has 2 N–H and O–H groups in total. The summed E-state index contributed by atoms with van der Waals surface area (Å²) in [5.41, 5.74) is 0.866. The number of benzene rings is 1. The molecule has 4 heteroatoms. The molecule has 0 radical (unpaired) electrons. The predicted octanol–water partition coefficient (Wildman–Crippen LogP) is 1.46. The number of rotatable bonds is 4. The van der Waals surface area contributed by atoms with Crippen LogP contribution in [0.4, 0.5) is 0 Å². The molecule has 0 aliphatic rings. The summed E-state index contributed by atoms with van der Waals surface area (Å²) < 4.78 is 0. The molecule has 1 aromatic rings. The molecule has 0 bridgehead atoms. The summed E-state index contributed by atoms with van der Waals surface area (Å²) in [6.07, 6.45) is 0. The fourth-order valence-corrected chi connectivity index (χ4v) is 1.27. The number of aliphatic hydroxyl groups is 1. The van der Waals surface area contributed by atoms with Crippen LogP contribution in [0.2, 0.25) is 0 Å². The van der Waals surface area contributed by atoms with Crippen LogP contribution in [-0.4, -0.2) is 23.0 Å². The zero-order chi connectivity index (χ0) is 11.3. The Morgan fingerprint density at radius 2 is 2.07 bits per heavy atom. The van der Waals surface area contributed by atoms with E-state index in [4.69, 9.17) is 16.7 Å². The fraction of sp³-hybridized carbons (Fsp3) is 0.364. The van der Waals surface area contributed by atoms with Crippen molar-refractivity contribution in [2.75, 3.05) is 6.61 Å². The zero-order valence-electron chi connectivity index (χ0n) is 8.48. The Balaban J connectivity index is 2.69. The molecule has 15 heavy (non-hydrogen) atoms. The van der Waals surface area contributed by atoms with Gasteiger partial charge in [-0.25, -0.2) is 0 Å². The van der Waals surface area contributed by atoms with Crippen LogP contribution in [0, 0.1) is 0 Å². The van der Waals surface area contributed by atoms with Gasteiger partial charge in [0.15, 0.2) is 0 Å². The Labute approximate surface area is 94.1 Å². The van der Waals surface area contributed by atoms with Crippen molar-refractivity contribution >= 4 is 17.5 Å². The minimum atomic E-state index is -0.595. The molecule has 0 spiro atoms. The molecule has 1 aromatic carbocycles. The van der Waals surface area contributed by atoms with E-state index in [0.717, 1.165) is 5.56 Å². The van der Waals surface area contributed by atoms with Gasteiger partial charge in [-0.3, -0.25) is 4.79 Å². The van der Waals surface area contributed by atoms with Crippen LogP contribution < -0.4 is 5.32 Å². The Morgan fingerprint density at radius 1 is 1.47 bits per heavy atom. The van der Waals surface area contributed by atoms with Gasteiger partial charge >= 0.3 is 0 Å². The summed E-state index contributed by atoms with van der Waals surface area (Å²) >= 11 is 5.62. The average molecular weight is 228 g/mol. The number of nitrogens with one attached hydrogen (secondary N) is 1. The monoisotopic (exact) mass is 227 g/mol. The van der Waals surface area contributed by atoms with Crippen LogP contribution >= 0.6 is 11.6 Å². The second-order valence-electron chi connectivity index (χ2n) is 3.27. The van der Waals surface area contributed by atoms with Crippen molar-refractivity contribution < 1.29 is 9.90 Å². The van der Waals surface area contributed by atoms with Crippen molar-refractivity contribution in [1.82, 2.24) is 5.32 Å². The van der Waals surface area contributed by atoms with Crippen LogP contribution in [-0.2, 0) is 4.79 Å². The highest BCUT2D eigenvalue weighted by Crippen LogP contribution is 2.12. The highest BCUT2D eigenvalue weighted by atomic mass is 35.5. The molecule has 0 aliphatic heterocycles. The first-order valence-electron chi connectivity index (χ1n) is 4.75. The van der Waals surface area contributed by atoms with E-state index in [-0.39, 0.29) is 18.6 Å². The van der Waals surface area contributed by atoms with Gasteiger partial charge in [-0.15, -0.1) is 11.6 Å². The number of hydrogen-bond acceptors (Lipinski definition) is 2. The molecule has 0 fully saturated rings. The Morgan fingerprint density at radius 3 is 2.53 bits per heavy atom. The first-order chi connectivity index (χ1) is 7.15. The smallest absolute Gasteiger partial charge is 0.238 e. The van der Waals surface area contributed by atoms with E-state index in [0.29, 0.717) is 0 Å². The molecule has 2 unspecified atom stereocenters. The lowest BCUT2D eigenvalue weighted by molar-refractivity contribution is -0.121. The standard InChI is InChI=1S/C11H14ClNO2/c1-8(12)11(15)13-10(7-14)9-5-3-2-4-6-9/h2-6,8,10,14H,7H2,1H3,(H,13,15). The maximum atomic E-state index is 11.3. The van der Waals surface area contributed by atoms with Gasteiger partial charge in [0.1, 0.15) is 5.38 Å². The molecule has 0 aromatic heterocycles. The van der Waals surface area contributed by atoms with Crippen molar-refractivity contribution in [3.05, 3.63) is 35.9 Å². The molecule has 82 valence electrons. The van der Waals surface area contributed by atoms with Gasteiger partial charge in [0.2, 0.25) is 5.91 Å². The van der Waals surface area contributed by atoms with Crippen molar-refractivity contribution in [2.45, 2.75) is 18.3 Å². The van der Waals surface area contributed by atoms with Gasteiger partial charge < -0.3 is 10.4 Å². The molecule has 2 atom stereocenters. The molecule has 1 amide bonds. The first kappa shape index (κ1) is 12.0. The van der Waals surface area contributed by atoms with Crippen molar-refractivity contribution in [2.24, 2.45) is 0 Å². The van der Waals surface area contributed by atoms with Crippen LogP contribution in [0.5, 0.6) is 0 Å². The lowest BCUT2D eigenvalue weighted by atomic mass is 10.1. The highest BCUT2D eigenvalue weighted by Gasteiger charge is 2.16. The second kappa shape index (κ2) is 5.73. The van der Waals surface area contributed by atoms with Crippen LogP contribution in [0.3, 0.4) is 0 Å². The maximum Gasteiger partial charge on any atom is 0.238 e. The summed E-state index contributed by atoms with van der Waals surface area (Å²) in [6, 6.07) is 8.90. The third-order valence-corrected chi connectivity index (χ3v) is 2.26. The molecule has 1 rings (SSSR count). The van der Waals surface area contributed by atoms with Gasteiger partial charge in [0.05, 0.1) is 12.6 Å². The number of alkyl halides is 1. The van der Waals surface area contributed by atoms with Crippen molar-refractivity contribution in [3.8, 4) is 0 Å². The highest BCUT2D eigenvalue weighted by molar-refractivity contribution is 6.30. The van der Waals surface area contributed by atoms with E-state index < -0.39 is 5.38 Å². The molecule has 0 saturated heterocycles. The maximum absolute atomic E-state index is 11.3. The minimum Gasteiger partial charge on any atom is -0.394 e. The lowest BCUT2D eigenvalue weighted by Crippen LogP contribution is -2.35. The number of carbonyl (C=O) groups excluding carboxylic acids is 1. The zero-order valence-corrected chi connectivity index (χ0v) is 9.24. The number of carbonyl (C=O) groups is 1. The van der Waals surface area contributed by atoms with E-state index >= 15 is 0 Å². The summed E-state index contributed by atoms with van der Waals surface area (Å²) in [5, 5.41) is 11.2. The predicted molar refractivity (Wildman–Crippen MR) is 59.7 cm³/mol. The van der Waals surface area contributed by atoms with Crippen molar-refractivity contribution in [3.63, 3.8) is 0 Å². The fourth-order valence-electron chi connectivity index (χ4n) is 1.21. The Bertz CT molecular complexity index is 314. The second-order valence-corrected chi connectivity index (χ2v) is 3.93. The van der Waals surface area contributed by atoms with Crippen LogP contribution in [0.15, 0.2) is 30.3 Å². The minimum absolute atomic E-state index is 0.140. The summed E-state index contributed by atoms with van der Waals surface area (Å²) in [6.45, 7) is 1.45.